The highest BCUT2D eigenvalue weighted by molar-refractivity contribution is 5.55. The lowest BCUT2D eigenvalue weighted by Gasteiger charge is -2.30. The summed E-state index contributed by atoms with van der Waals surface area (Å²) in [4.78, 5) is 4.77. The second-order valence-electron chi connectivity index (χ2n) is 5.60. The van der Waals surface area contributed by atoms with Gasteiger partial charge in [0.2, 0.25) is 0 Å². The fraction of sp³-hybridized carbons (Fsp3) is 0.647. The summed E-state index contributed by atoms with van der Waals surface area (Å²) in [6.45, 7) is 7.77. The molecule has 0 aromatic heterocycles. The standard InChI is InChI=1S/C17H31N3/c1-6-12-20(14-13-19(4)5)17-11-9-8-10-15(17)16(7-2)18-3/h8-11,16,18H,6-7,12-14H2,1-5H3. The largest absolute Gasteiger partial charge is 0.370 e. The van der Waals surface area contributed by atoms with Gasteiger partial charge in [0.25, 0.3) is 0 Å². The number of benzene rings is 1. The number of hydrogen-bond donors (Lipinski definition) is 1. The molecule has 1 atom stereocenters. The molecule has 20 heavy (non-hydrogen) atoms. The summed E-state index contributed by atoms with van der Waals surface area (Å²) in [5.74, 6) is 0. The molecule has 1 N–H and O–H groups in total. The highest BCUT2D eigenvalue weighted by Gasteiger charge is 2.15. The van der Waals surface area contributed by atoms with Gasteiger partial charge in [0, 0.05) is 31.4 Å². The summed E-state index contributed by atoms with van der Waals surface area (Å²) in [6, 6.07) is 9.26. The third-order valence-corrected chi connectivity index (χ3v) is 3.72. The third kappa shape index (κ3) is 4.80. The molecule has 0 aliphatic heterocycles. The molecular weight excluding hydrogens is 246 g/mol. The van der Waals surface area contributed by atoms with Crippen LogP contribution in [-0.4, -0.2) is 45.7 Å². The quantitative estimate of drug-likeness (QED) is 0.748. The van der Waals surface area contributed by atoms with Gasteiger partial charge < -0.3 is 15.1 Å². The van der Waals surface area contributed by atoms with Crippen LogP contribution in [0.25, 0.3) is 0 Å². The van der Waals surface area contributed by atoms with E-state index in [9.17, 15) is 0 Å². The molecule has 0 amide bonds. The first-order valence-corrected chi connectivity index (χ1v) is 7.79. The molecule has 0 fully saturated rings. The van der Waals surface area contributed by atoms with E-state index in [0.29, 0.717) is 6.04 Å². The fourth-order valence-electron chi connectivity index (χ4n) is 2.59. The van der Waals surface area contributed by atoms with Gasteiger partial charge in [0.1, 0.15) is 0 Å². The normalized spacial score (nSPS) is 12.7. The first-order valence-electron chi connectivity index (χ1n) is 7.79. The van der Waals surface area contributed by atoms with Gasteiger partial charge >= 0.3 is 0 Å². The Morgan fingerprint density at radius 1 is 1.05 bits per heavy atom. The van der Waals surface area contributed by atoms with E-state index in [0.717, 1.165) is 26.1 Å². The molecule has 0 heterocycles. The summed E-state index contributed by atoms with van der Waals surface area (Å²) >= 11 is 0. The zero-order valence-corrected chi connectivity index (χ0v) is 13.8. The van der Waals surface area contributed by atoms with Crippen LogP contribution in [0.3, 0.4) is 0 Å². The lowest BCUT2D eigenvalue weighted by Crippen LogP contribution is -2.33. The van der Waals surface area contributed by atoms with Gasteiger partial charge in [0.05, 0.1) is 0 Å². The van der Waals surface area contributed by atoms with Crippen molar-refractivity contribution in [2.45, 2.75) is 32.7 Å². The molecule has 0 aliphatic carbocycles. The van der Waals surface area contributed by atoms with Gasteiger partial charge in [-0.15, -0.1) is 0 Å². The van der Waals surface area contributed by atoms with Crippen LogP contribution in [0, 0.1) is 0 Å². The van der Waals surface area contributed by atoms with Crippen molar-refractivity contribution >= 4 is 5.69 Å². The number of para-hydroxylation sites is 1. The zero-order chi connectivity index (χ0) is 15.0. The number of rotatable bonds is 9. The lowest BCUT2D eigenvalue weighted by molar-refractivity contribution is 0.412. The molecule has 0 saturated carbocycles. The fourth-order valence-corrected chi connectivity index (χ4v) is 2.59. The van der Waals surface area contributed by atoms with Crippen LogP contribution in [0.2, 0.25) is 0 Å². The van der Waals surface area contributed by atoms with Crippen molar-refractivity contribution in [3.05, 3.63) is 29.8 Å². The van der Waals surface area contributed by atoms with Crippen LogP contribution in [0.1, 0.15) is 38.3 Å². The second-order valence-corrected chi connectivity index (χ2v) is 5.60. The summed E-state index contributed by atoms with van der Waals surface area (Å²) < 4.78 is 0. The molecule has 114 valence electrons. The minimum absolute atomic E-state index is 0.435. The monoisotopic (exact) mass is 277 g/mol. The Hall–Kier alpha value is -1.06. The lowest BCUT2D eigenvalue weighted by atomic mass is 10.0. The number of likely N-dealkylation sites (N-methyl/N-ethyl adjacent to an activating group) is 1. The molecule has 1 aromatic rings. The highest BCUT2D eigenvalue weighted by atomic mass is 15.2. The van der Waals surface area contributed by atoms with Crippen LogP contribution in [0.4, 0.5) is 5.69 Å². The Bertz CT molecular complexity index is 372. The van der Waals surface area contributed by atoms with Crippen molar-refractivity contribution in [1.29, 1.82) is 0 Å². The molecule has 0 radical (unpaired) electrons. The van der Waals surface area contributed by atoms with E-state index in [1.807, 2.05) is 0 Å². The molecule has 1 aromatic carbocycles. The van der Waals surface area contributed by atoms with Crippen molar-refractivity contribution in [1.82, 2.24) is 10.2 Å². The van der Waals surface area contributed by atoms with Crippen molar-refractivity contribution in [3.8, 4) is 0 Å². The topological polar surface area (TPSA) is 18.5 Å². The number of anilines is 1. The maximum Gasteiger partial charge on any atom is 0.0415 e. The number of nitrogens with one attached hydrogen (secondary N) is 1. The molecule has 0 bridgehead atoms. The van der Waals surface area contributed by atoms with Gasteiger partial charge in [-0.25, -0.2) is 0 Å². The number of nitrogens with zero attached hydrogens (tertiary/aromatic N) is 2. The van der Waals surface area contributed by atoms with Gasteiger partial charge in [-0.05, 0) is 45.6 Å². The third-order valence-electron chi connectivity index (χ3n) is 3.72. The van der Waals surface area contributed by atoms with Crippen molar-refractivity contribution < 1.29 is 0 Å². The molecule has 3 heteroatoms. The summed E-state index contributed by atoms with van der Waals surface area (Å²) in [5.41, 5.74) is 2.81. The molecule has 0 saturated heterocycles. The van der Waals surface area contributed by atoms with Crippen LogP contribution in [0.15, 0.2) is 24.3 Å². The molecule has 0 aliphatic rings. The molecule has 1 rings (SSSR count). The first kappa shape index (κ1) is 17.0. The van der Waals surface area contributed by atoms with E-state index in [1.54, 1.807) is 0 Å². The maximum atomic E-state index is 3.43. The van der Waals surface area contributed by atoms with Crippen molar-refractivity contribution in [2.75, 3.05) is 45.7 Å². The molecule has 1 unspecified atom stereocenters. The van der Waals surface area contributed by atoms with Crippen LogP contribution < -0.4 is 10.2 Å². The smallest absolute Gasteiger partial charge is 0.0415 e. The predicted octanol–water partition coefficient (Wildman–Crippen LogP) is 3.14. The summed E-state index contributed by atoms with van der Waals surface area (Å²) in [7, 11) is 6.33. The van der Waals surface area contributed by atoms with E-state index >= 15 is 0 Å². The van der Waals surface area contributed by atoms with E-state index in [4.69, 9.17) is 0 Å². The van der Waals surface area contributed by atoms with Crippen LogP contribution >= 0.6 is 0 Å². The molecule has 3 nitrogen and oxygen atoms in total. The molecular formula is C17H31N3. The zero-order valence-electron chi connectivity index (χ0n) is 13.8. The van der Waals surface area contributed by atoms with Crippen molar-refractivity contribution in [3.63, 3.8) is 0 Å². The van der Waals surface area contributed by atoms with E-state index in [1.165, 1.54) is 17.7 Å². The first-order chi connectivity index (χ1) is 9.63. The predicted molar refractivity (Wildman–Crippen MR) is 89.6 cm³/mol. The SMILES string of the molecule is CCCN(CCN(C)C)c1ccccc1C(CC)NC. The Labute approximate surface area is 125 Å². The Morgan fingerprint density at radius 3 is 2.30 bits per heavy atom. The Balaban J connectivity index is 2.99. The van der Waals surface area contributed by atoms with E-state index in [2.05, 4.69) is 74.4 Å². The Morgan fingerprint density at radius 2 is 1.75 bits per heavy atom. The maximum absolute atomic E-state index is 3.43. The minimum Gasteiger partial charge on any atom is -0.370 e. The number of hydrogen-bond acceptors (Lipinski definition) is 3. The average molecular weight is 277 g/mol. The van der Waals surface area contributed by atoms with Crippen LogP contribution in [-0.2, 0) is 0 Å². The van der Waals surface area contributed by atoms with Gasteiger partial charge in [-0.2, -0.15) is 0 Å². The van der Waals surface area contributed by atoms with Crippen LogP contribution in [0.5, 0.6) is 0 Å². The minimum atomic E-state index is 0.435. The summed E-state index contributed by atoms with van der Waals surface area (Å²) in [5, 5.41) is 3.43. The van der Waals surface area contributed by atoms with Gasteiger partial charge in [-0.3, -0.25) is 0 Å². The second kappa shape index (κ2) is 8.98. The van der Waals surface area contributed by atoms with E-state index < -0.39 is 0 Å². The molecule has 0 spiro atoms. The highest BCUT2D eigenvalue weighted by Crippen LogP contribution is 2.28. The van der Waals surface area contributed by atoms with E-state index in [-0.39, 0.29) is 0 Å². The van der Waals surface area contributed by atoms with Gasteiger partial charge in [-0.1, -0.05) is 32.0 Å². The summed E-state index contributed by atoms with van der Waals surface area (Å²) in [6.07, 6.45) is 2.29. The van der Waals surface area contributed by atoms with Crippen molar-refractivity contribution in [2.24, 2.45) is 0 Å². The van der Waals surface area contributed by atoms with Gasteiger partial charge in [0.15, 0.2) is 0 Å². The Kier molecular flexibility index (Phi) is 7.63. The average Bonchev–Trinajstić information content (AvgIpc) is 2.45.